The highest BCUT2D eigenvalue weighted by atomic mass is 32.1. The summed E-state index contributed by atoms with van der Waals surface area (Å²) in [4.78, 5) is 14.9. The van der Waals surface area contributed by atoms with Gasteiger partial charge in [0.1, 0.15) is 5.75 Å². The van der Waals surface area contributed by atoms with E-state index < -0.39 is 0 Å². The average molecular weight is 286 g/mol. The molecule has 0 unspecified atom stereocenters. The van der Waals surface area contributed by atoms with Gasteiger partial charge in [-0.25, -0.2) is 0 Å². The monoisotopic (exact) mass is 286 g/mol. The number of carbonyl (C=O) groups is 1. The van der Waals surface area contributed by atoms with E-state index in [1.807, 2.05) is 25.1 Å². The fraction of sp³-hybridized carbons (Fsp3) is 0.353. The van der Waals surface area contributed by atoms with Crippen LogP contribution in [0.3, 0.4) is 0 Å². The molecule has 2 nitrogen and oxygen atoms in total. The van der Waals surface area contributed by atoms with Gasteiger partial charge in [-0.3, -0.25) is 4.79 Å². The third-order valence-electron chi connectivity index (χ3n) is 3.88. The molecule has 104 valence electrons. The van der Waals surface area contributed by atoms with Crippen LogP contribution in [-0.4, -0.2) is 12.9 Å². The molecule has 3 rings (SSSR count). The highest BCUT2D eigenvalue weighted by molar-refractivity contribution is 7.14. The lowest BCUT2D eigenvalue weighted by Crippen LogP contribution is -2.00. The summed E-state index contributed by atoms with van der Waals surface area (Å²) < 4.78 is 5.24. The van der Waals surface area contributed by atoms with E-state index in [-0.39, 0.29) is 5.78 Å². The summed E-state index contributed by atoms with van der Waals surface area (Å²) in [5.74, 6) is 0.960. The van der Waals surface area contributed by atoms with Crippen LogP contribution in [0.15, 0.2) is 24.3 Å². The molecule has 0 bridgehead atoms. The van der Waals surface area contributed by atoms with Gasteiger partial charge in [0.2, 0.25) is 5.78 Å². The summed E-state index contributed by atoms with van der Waals surface area (Å²) in [6.45, 7) is 1.97. The second kappa shape index (κ2) is 5.41. The summed E-state index contributed by atoms with van der Waals surface area (Å²) in [6.07, 6.45) is 4.76. The van der Waals surface area contributed by atoms with Crippen molar-refractivity contribution in [2.24, 2.45) is 0 Å². The maximum absolute atomic E-state index is 12.6. The largest absolute Gasteiger partial charge is 0.496 e. The highest BCUT2D eigenvalue weighted by Gasteiger charge is 2.18. The molecule has 0 atom stereocenters. The van der Waals surface area contributed by atoms with Crippen molar-refractivity contribution in [2.75, 3.05) is 7.11 Å². The van der Waals surface area contributed by atoms with Crippen LogP contribution < -0.4 is 4.74 Å². The predicted octanol–water partition coefficient (Wildman–Crippen LogP) is 4.17. The van der Waals surface area contributed by atoms with E-state index in [4.69, 9.17) is 4.74 Å². The van der Waals surface area contributed by atoms with E-state index in [2.05, 4.69) is 6.07 Å². The SMILES string of the molecule is COc1ccc(C(=O)c2cc3c(s2)CCCC3)cc1C. The molecule has 0 saturated carbocycles. The Morgan fingerprint density at radius 2 is 2.00 bits per heavy atom. The van der Waals surface area contributed by atoms with Crippen molar-refractivity contribution in [3.8, 4) is 5.75 Å². The third-order valence-corrected chi connectivity index (χ3v) is 5.11. The van der Waals surface area contributed by atoms with Crippen molar-refractivity contribution in [1.82, 2.24) is 0 Å². The van der Waals surface area contributed by atoms with E-state index in [0.717, 1.165) is 34.6 Å². The van der Waals surface area contributed by atoms with Crippen molar-refractivity contribution >= 4 is 17.1 Å². The molecule has 1 aliphatic carbocycles. The minimum atomic E-state index is 0.134. The van der Waals surface area contributed by atoms with E-state index >= 15 is 0 Å². The molecular weight excluding hydrogens is 268 g/mol. The van der Waals surface area contributed by atoms with Crippen molar-refractivity contribution in [1.29, 1.82) is 0 Å². The Hall–Kier alpha value is -1.61. The quantitative estimate of drug-likeness (QED) is 0.791. The summed E-state index contributed by atoms with van der Waals surface area (Å²) in [5.41, 5.74) is 3.14. The first-order valence-corrected chi connectivity index (χ1v) is 7.81. The first kappa shape index (κ1) is 13.4. The van der Waals surface area contributed by atoms with Gasteiger partial charge in [-0.05, 0) is 68.0 Å². The van der Waals surface area contributed by atoms with Crippen LogP contribution in [0.1, 0.15) is 44.1 Å². The summed E-state index contributed by atoms with van der Waals surface area (Å²) in [6, 6.07) is 7.74. The zero-order valence-corrected chi connectivity index (χ0v) is 12.7. The molecule has 0 radical (unpaired) electrons. The lowest BCUT2D eigenvalue weighted by molar-refractivity contribution is 0.104. The minimum Gasteiger partial charge on any atom is -0.496 e. The van der Waals surface area contributed by atoms with Gasteiger partial charge >= 0.3 is 0 Å². The number of thiophene rings is 1. The van der Waals surface area contributed by atoms with Gasteiger partial charge in [-0.2, -0.15) is 0 Å². The predicted molar refractivity (Wildman–Crippen MR) is 82.1 cm³/mol. The number of fused-ring (bicyclic) bond motifs is 1. The number of hydrogen-bond acceptors (Lipinski definition) is 3. The fourth-order valence-corrected chi connectivity index (χ4v) is 3.98. The van der Waals surface area contributed by atoms with Gasteiger partial charge in [-0.15, -0.1) is 11.3 Å². The number of hydrogen-bond donors (Lipinski definition) is 0. The van der Waals surface area contributed by atoms with Crippen molar-refractivity contribution in [2.45, 2.75) is 32.6 Å². The van der Waals surface area contributed by atoms with Crippen LogP contribution in [0.4, 0.5) is 0 Å². The van der Waals surface area contributed by atoms with Gasteiger partial charge in [-0.1, -0.05) is 0 Å². The van der Waals surface area contributed by atoms with Crippen LogP contribution in [0.25, 0.3) is 0 Å². The number of carbonyl (C=O) groups excluding carboxylic acids is 1. The highest BCUT2D eigenvalue weighted by Crippen LogP contribution is 2.31. The second-order valence-electron chi connectivity index (χ2n) is 5.28. The zero-order valence-electron chi connectivity index (χ0n) is 11.9. The lowest BCUT2D eigenvalue weighted by atomic mass is 9.98. The van der Waals surface area contributed by atoms with E-state index in [1.54, 1.807) is 18.4 Å². The summed E-state index contributed by atoms with van der Waals surface area (Å²) >= 11 is 1.67. The normalized spacial score (nSPS) is 13.9. The number of aryl methyl sites for hydroxylation is 3. The van der Waals surface area contributed by atoms with Gasteiger partial charge < -0.3 is 4.74 Å². The average Bonchev–Trinajstić information content (AvgIpc) is 2.90. The molecule has 1 aromatic carbocycles. The topological polar surface area (TPSA) is 26.3 Å². The second-order valence-corrected chi connectivity index (χ2v) is 6.42. The molecule has 3 heteroatoms. The summed E-state index contributed by atoms with van der Waals surface area (Å²) in [5, 5.41) is 0. The Morgan fingerprint density at radius 3 is 2.70 bits per heavy atom. The van der Waals surface area contributed by atoms with Crippen LogP contribution >= 0.6 is 11.3 Å². The van der Waals surface area contributed by atoms with Gasteiger partial charge in [0, 0.05) is 10.4 Å². The molecular formula is C17H18O2S. The van der Waals surface area contributed by atoms with Crippen LogP contribution in [-0.2, 0) is 12.8 Å². The number of ether oxygens (including phenoxy) is 1. The lowest BCUT2D eigenvalue weighted by Gasteiger charge is -2.08. The molecule has 0 spiro atoms. The Bertz CT molecular complexity index is 632. The molecule has 1 heterocycles. The number of ketones is 1. The van der Waals surface area contributed by atoms with Gasteiger partial charge in [0.15, 0.2) is 0 Å². The minimum absolute atomic E-state index is 0.134. The third kappa shape index (κ3) is 2.38. The van der Waals surface area contributed by atoms with Crippen LogP contribution in [0.2, 0.25) is 0 Å². The maximum atomic E-state index is 12.6. The molecule has 20 heavy (non-hydrogen) atoms. The Labute approximate surface area is 123 Å². The zero-order chi connectivity index (χ0) is 14.1. The Kier molecular flexibility index (Phi) is 3.62. The van der Waals surface area contributed by atoms with Crippen molar-refractivity contribution in [3.63, 3.8) is 0 Å². The smallest absolute Gasteiger partial charge is 0.202 e. The molecule has 0 saturated heterocycles. The van der Waals surface area contributed by atoms with E-state index in [0.29, 0.717) is 0 Å². The van der Waals surface area contributed by atoms with Gasteiger partial charge in [0.05, 0.1) is 12.0 Å². The molecule has 0 amide bonds. The Balaban J connectivity index is 1.92. The summed E-state index contributed by atoms with van der Waals surface area (Å²) in [7, 11) is 1.65. The number of rotatable bonds is 3. The maximum Gasteiger partial charge on any atom is 0.202 e. The molecule has 1 aromatic heterocycles. The van der Waals surface area contributed by atoms with Crippen molar-refractivity contribution < 1.29 is 9.53 Å². The van der Waals surface area contributed by atoms with Crippen LogP contribution in [0, 0.1) is 6.92 Å². The molecule has 0 N–H and O–H groups in total. The standard InChI is InChI=1S/C17H18O2S/c1-11-9-13(7-8-14(11)19-2)17(18)16-10-12-5-3-4-6-15(12)20-16/h7-10H,3-6H2,1-2H3. The van der Waals surface area contributed by atoms with E-state index in [9.17, 15) is 4.79 Å². The first-order valence-electron chi connectivity index (χ1n) is 7.00. The van der Waals surface area contributed by atoms with Crippen LogP contribution in [0.5, 0.6) is 5.75 Å². The molecule has 1 aliphatic rings. The van der Waals surface area contributed by atoms with Crippen molar-refractivity contribution in [3.05, 3.63) is 50.7 Å². The van der Waals surface area contributed by atoms with E-state index in [1.165, 1.54) is 23.3 Å². The number of benzene rings is 1. The Morgan fingerprint density at radius 1 is 1.20 bits per heavy atom. The first-order chi connectivity index (χ1) is 9.69. The molecule has 0 fully saturated rings. The number of methoxy groups -OCH3 is 1. The molecule has 2 aromatic rings. The van der Waals surface area contributed by atoms with Gasteiger partial charge in [0.25, 0.3) is 0 Å². The fourth-order valence-electron chi connectivity index (χ4n) is 2.76. The molecule has 0 aliphatic heterocycles.